The number of ether oxygens (including phenoxy) is 1. The molecule has 0 aromatic heterocycles. The van der Waals surface area contributed by atoms with Crippen LogP contribution in [0.3, 0.4) is 0 Å². The van der Waals surface area contributed by atoms with Crippen molar-refractivity contribution in [1.29, 1.82) is 0 Å². The number of aliphatic hydroxyl groups excluding tert-OH is 1. The molecule has 0 bridgehead atoms. The second-order valence-electron chi connectivity index (χ2n) is 7.04. The number of benzene rings is 1. The predicted octanol–water partition coefficient (Wildman–Crippen LogP) is 1.16. The molecule has 25 heavy (non-hydrogen) atoms. The van der Waals surface area contributed by atoms with Crippen molar-refractivity contribution in [3.63, 3.8) is 0 Å². The summed E-state index contributed by atoms with van der Waals surface area (Å²) in [5.41, 5.74) is 0.844. The van der Waals surface area contributed by atoms with Crippen LogP contribution in [0.1, 0.15) is 12.0 Å². The number of morpholine rings is 1. The number of rotatable bonds is 6. The summed E-state index contributed by atoms with van der Waals surface area (Å²) in [5.74, 6) is 0.270. The first kappa shape index (κ1) is 18.3. The number of halogens is 1. The van der Waals surface area contributed by atoms with E-state index in [4.69, 9.17) is 4.74 Å². The smallest absolute Gasteiger partial charge is 0.222 e. The predicted molar refractivity (Wildman–Crippen MR) is 92.6 cm³/mol. The highest BCUT2D eigenvalue weighted by atomic mass is 19.1. The van der Waals surface area contributed by atoms with E-state index in [0.717, 1.165) is 38.4 Å². The van der Waals surface area contributed by atoms with Crippen LogP contribution in [-0.2, 0) is 16.0 Å². The van der Waals surface area contributed by atoms with Crippen molar-refractivity contribution in [1.82, 2.24) is 9.80 Å². The molecule has 3 rings (SSSR count). The standard InChI is InChI=1S/C19H27FN2O3/c20-18-3-1-2-15(10-18)4-5-19(24)22-12-16(17(13-22)14-23)11-21-6-8-25-9-7-21/h1-3,10,16-17,23H,4-9,11-14H2. The average Bonchev–Trinajstić information content (AvgIpc) is 3.03. The molecule has 2 saturated heterocycles. The van der Waals surface area contributed by atoms with E-state index >= 15 is 0 Å². The molecule has 2 unspecified atom stereocenters. The summed E-state index contributed by atoms with van der Waals surface area (Å²) in [6.07, 6.45) is 0.927. The zero-order valence-electron chi connectivity index (χ0n) is 14.6. The van der Waals surface area contributed by atoms with Crippen LogP contribution in [0.25, 0.3) is 0 Å². The summed E-state index contributed by atoms with van der Waals surface area (Å²) in [6, 6.07) is 6.41. The minimum absolute atomic E-state index is 0.0900. The fourth-order valence-electron chi connectivity index (χ4n) is 3.77. The number of aliphatic hydroxyl groups is 1. The highest BCUT2D eigenvalue weighted by molar-refractivity contribution is 5.76. The summed E-state index contributed by atoms with van der Waals surface area (Å²) in [7, 11) is 0. The normalized spacial score (nSPS) is 24.6. The zero-order valence-corrected chi connectivity index (χ0v) is 14.6. The fraction of sp³-hybridized carbons (Fsp3) is 0.632. The lowest BCUT2D eigenvalue weighted by Crippen LogP contribution is -2.41. The Balaban J connectivity index is 1.50. The SMILES string of the molecule is O=C(CCc1cccc(F)c1)N1CC(CO)C(CN2CCOCC2)C1. The number of carbonyl (C=O) groups is 1. The Morgan fingerprint density at radius 3 is 2.72 bits per heavy atom. The molecule has 2 aliphatic rings. The van der Waals surface area contributed by atoms with Crippen LogP contribution in [0.2, 0.25) is 0 Å². The van der Waals surface area contributed by atoms with Crippen LogP contribution in [0.15, 0.2) is 24.3 Å². The van der Waals surface area contributed by atoms with Gasteiger partial charge in [-0.1, -0.05) is 12.1 Å². The highest BCUT2D eigenvalue weighted by Gasteiger charge is 2.35. The minimum atomic E-state index is -0.267. The Labute approximate surface area is 148 Å². The number of hydrogen-bond acceptors (Lipinski definition) is 4. The van der Waals surface area contributed by atoms with Crippen LogP contribution < -0.4 is 0 Å². The molecule has 1 amide bonds. The molecule has 5 nitrogen and oxygen atoms in total. The lowest BCUT2D eigenvalue weighted by atomic mass is 9.96. The van der Waals surface area contributed by atoms with E-state index in [1.54, 1.807) is 6.07 Å². The van der Waals surface area contributed by atoms with Gasteiger partial charge >= 0.3 is 0 Å². The van der Waals surface area contributed by atoms with Crippen LogP contribution in [-0.4, -0.2) is 73.4 Å². The van der Waals surface area contributed by atoms with E-state index in [1.807, 2.05) is 11.0 Å². The van der Waals surface area contributed by atoms with Gasteiger partial charge in [-0.25, -0.2) is 4.39 Å². The third-order valence-electron chi connectivity index (χ3n) is 5.28. The van der Waals surface area contributed by atoms with Gasteiger partial charge in [-0.2, -0.15) is 0 Å². The van der Waals surface area contributed by atoms with Gasteiger partial charge in [0, 0.05) is 51.7 Å². The van der Waals surface area contributed by atoms with Gasteiger partial charge in [0.15, 0.2) is 0 Å². The van der Waals surface area contributed by atoms with Gasteiger partial charge in [-0.05, 0) is 30.0 Å². The molecule has 2 heterocycles. The quantitative estimate of drug-likeness (QED) is 0.837. The summed E-state index contributed by atoms with van der Waals surface area (Å²) in [6.45, 7) is 5.69. The lowest BCUT2D eigenvalue weighted by molar-refractivity contribution is -0.130. The van der Waals surface area contributed by atoms with Crippen LogP contribution in [0.5, 0.6) is 0 Å². The summed E-state index contributed by atoms with van der Waals surface area (Å²) < 4.78 is 18.6. The molecule has 2 aliphatic heterocycles. The molecular weight excluding hydrogens is 323 g/mol. The van der Waals surface area contributed by atoms with Gasteiger partial charge in [-0.3, -0.25) is 9.69 Å². The van der Waals surface area contributed by atoms with Crippen molar-refractivity contribution in [2.45, 2.75) is 12.8 Å². The first-order valence-electron chi connectivity index (χ1n) is 9.09. The molecule has 0 aliphatic carbocycles. The molecule has 0 radical (unpaired) electrons. The third kappa shape index (κ3) is 5.00. The molecule has 2 atom stereocenters. The third-order valence-corrected chi connectivity index (χ3v) is 5.28. The van der Waals surface area contributed by atoms with E-state index < -0.39 is 0 Å². The van der Waals surface area contributed by atoms with E-state index in [9.17, 15) is 14.3 Å². The van der Waals surface area contributed by atoms with Crippen molar-refractivity contribution >= 4 is 5.91 Å². The fourth-order valence-corrected chi connectivity index (χ4v) is 3.77. The number of likely N-dealkylation sites (tertiary alicyclic amines) is 1. The molecule has 138 valence electrons. The number of amides is 1. The van der Waals surface area contributed by atoms with Crippen LogP contribution in [0, 0.1) is 17.7 Å². The van der Waals surface area contributed by atoms with Gasteiger partial charge in [0.05, 0.1) is 13.2 Å². The first-order chi connectivity index (χ1) is 12.2. The number of aryl methyl sites for hydroxylation is 1. The monoisotopic (exact) mass is 350 g/mol. The summed E-state index contributed by atoms with van der Waals surface area (Å²) >= 11 is 0. The maximum absolute atomic E-state index is 13.2. The number of nitrogens with zero attached hydrogens (tertiary/aromatic N) is 2. The molecule has 1 aromatic rings. The molecule has 2 fully saturated rings. The van der Waals surface area contributed by atoms with Crippen molar-refractivity contribution in [3.05, 3.63) is 35.6 Å². The number of carbonyl (C=O) groups excluding carboxylic acids is 1. The van der Waals surface area contributed by atoms with E-state index in [0.29, 0.717) is 31.8 Å². The zero-order chi connectivity index (χ0) is 17.6. The second kappa shape index (κ2) is 8.74. The second-order valence-corrected chi connectivity index (χ2v) is 7.04. The number of hydrogen-bond donors (Lipinski definition) is 1. The Hall–Kier alpha value is -1.50. The average molecular weight is 350 g/mol. The van der Waals surface area contributed by atoms with E-state index in [-0.39, 0.29) is 24.2 Å². The van der Waals surface area contributed by atoms with E-state index in [2.05, 4.69) is 4.90 Å². The van der Waals surface area contributed by atoms with Gasteiger partial charge in [0.2, 0.25) is 5.91 Å². The largest absolute Gasteiger partial charge is 0.396 e. The molecule has 1 N–H and O–H groups in total. The van der Waals surface area contributed by atoms with Gasteiger partial charge in [0.1, 0.15) is 5.82 Å². The Bertz CT molecular complexity index is 578. The molecular formula is C19H27FN2O3. The maximum atomic E-state index is 13.2. The minimum Gasteiger partial charge on any atom is -0.396 e. The van der Waals surface area contributed by atoms with E-state index in [1.165, 1.54) is 12.1 Å². The highest BCUT2D eigenvalue weighted by Crippen LogP contribution is 2.25. The van der Waals surface area contributed by atoms with Gasteiger partial charge in [-0.15, -0.1) is 0 Å². The van der Waals surface area contributed by atoms with Crippen LogP contribution in [0.4, 0.5) is 4.39 Å². The van der Waals surface area contributed by atoms with Gasteiger partial charge < -0.3 is 14.7 Å². The molecule has 6 heteroatoms. The maximum Gasteiger partial charge on any atom is 0.222 e. The first-order valence-corrected chi connectivity index (χ1v) is 9.09. The van der Waals surface area contributed by atoms with Crippen molar-refractivity contribution < 1.29 is 19.0 Å². The Morgan fingerprint density at radius 2 is 2.00 bits per heavy atom. The van der Waals surface area contributed by atoms with Crippen molar-refractivity contribution in [2.75, 3.05) is 52.5 Å². The molecule has 0 saturated carbocycles. The molecule has 0 spiro atoms. The Morgan fingerprint density at radius 1 is 1.24 bits per heavy atom. The summed E-state index contributed by atoms with van der Waals surface area (Å²) in [5, 5.41) is 9.68. The van der Waals surface area contributed by atoms with Crippen LogP contribution >= 0.6 is 0 Å². The van der Waals surface area contributed by atoms with Crippen molar-refractivity contribution in [2.24, 2.45) is 11.8 Å². The topological polar surface area (TPSA) is 53.0 Å². The van der Waals surface area contributed by atoms with Crippen molar-refractivity contribution in [3.8, 4) is 0 Å². The van der Waals surface area contributed by atoms with Gasteiger partial charge in [0.25, 0.3) is 0 Å². The molecule has 1 aromatic carbocycles. The Kier molecular flexibility index (Phi) is 6.39. The summed E-state index contributed by atoms with van der Waals surface area (Å²) in [4.78, 5) is 16.7. The lowest BCUT2D eigenvalue weighted by Gasteiger charge is -2.30.